The minimum absolute atomic E-state index is 0. The van der Waals surface area contributed by atoms with Gasteiger partial charge < -0.3 is 13.8 Å². The van der Waals surface area contributed by atoms with Crippen LogP contribution in [0.5, 0.6) is 0 Å². The normalized spacial score (nSPS) is 6.75. The molecule has 1 heteroatoms. The smallest absolute Gasteiger partial charge is 0.346 e. The minimum atomic E-state index is 0. The van der Waals surface area contributed by atoms with Crippen LogP contribution in [0.15, 0.2) is 0 Å². The van der Waals surface area contributed by atoms with Crippen LogP contribution in [0.2, 0.25) is 0 Å². The van der Waals surface area contributed by atoms with Crippen LogP contribution in [0.3, 0.4) is 0 Å². The fraction of sp³-hybridized carbons (Fsp3) is 0.714. The average molecular weight is 125 g/mol. The first kappa shape index (κ1) is 15.9. The van der Waals surface area contributed by atoms with E-state index in [0.717, 1.165) is 12.3 Å². The Bertz CT molecular complexity index is 18.3. The van der Waals surface area contributed by atoms with Crippen LogP contribution < -0.4 is 0 Å². The first-order chi connectivity index (χ1) is 3.27. The molecule has 0 nitrogen and oxygen atoms in total. The molecule has 0 aromatic heterocycles. The fourth-order valence-corrected chi connectivity index (χ4v) is 0. The molecule has 0 aliphatic carbocycles. The van der Waals surface area contributed by atoms with Gasteiger partial charge in [0.25, 0.3) is 0 Å². The number of hydrogen-bond acceptors (Lipinski definition) is 0. The third-order valence-electron chi connectivity index (χ3n) is 0.577. The predicted molar refractivity (Wildman–Crippen MR) is 41.6 cm³/mol. The summed E-state index contributed by atoms with van der Waals surface area (Å²) in [5.74, 6) is 0.773. The fourth-order valence-electron chi connectivity index (χ4n) is 0. The van der Waals surface area contributed by atoms with Gasteiger partial charge in [-0.1, -0.05) is 19.8 Å². The van der Waals surface area contributed by atoms with Crippen LogP contribution in [0.4, 0.5) is 0 Å². The monoisotopic (exact) mass is 124 g/mol. The van der Waals surface area contributed by atoms with Gasteiger partial charge in [-0.25, -0.2) is 0 Å². The Hall–Kier alpha value is 0.766. The first-order valence-electron chi connectivity index (χ1n) is 2.77. The second-order valence-electron chi connectivity index (χ2n) is 1.68. The van der Waals surface area contributed by atoms with Crippen molar-refractivity contribution in [2.75, 3.05) is 0 Å². The Morgan fingerprint density at radius 1 is 1.25 bits per heavy atom. The summed E-state index contributed by atoms with van der Waals surface area (Å²) < 4.78 is 0. The van der Waals surface area contributed by atoms with E-state index in [1.165, 1.54) is 0 Å². The molecule has 0 rings (SSSR count). The topological polar surface area (TPSA) is 0 Å². The SMILES string of the molecule is [CH2-]C.[CH2-]CC(C)C.[Mg+2]. The molecule has 8 heavy (non-hydrogen) atoms. The molecule has 0 N–H and O–H groups in total. The van der Waals surface area contributed by atoms with Gasteiger partial charge in [0, 0.05) is 0 Å². The zero-order valence-electron chi connectivity index (χ0n) is 6.41. The van der Waals surface area contributed by atoms with E-state index >= 15 is 0 Å². The Kier molecular flexibility index (Phi) is 31.1. The summed E-state index contributed by atoms with van der Waals surface area (Å²) in [7, 11) is 0. The van der Waals surface area contributed by atoms with Crippen LogP contribution in [-0.2, 0) is 0 Å². The molecule has 0 radical (unpaired) electrons. The van der Waals surface area contributed by atoms with E-state index in [1.807, 2.05) is 0 Å². The zero-order valence-corrected chi connectivity index (χ0v) is 7.82. The molecule has 0 fully saturated rings. The van der Waals surface area contributed by atoms with E-state index in [1.54, 1.807) is 6.92 Å². The van der Waals surface area contributed by atoms with Crippen LogP contribution in [0, 0.1) is 19.8 Å². The van der Waals surface area contributed by atoms with Crippen LogP contribution in [0.1, 0.15) is 27.2 Å². The van der Waals surface area contributed by atoms with Gasteiger partial charge >= 0.3 is 23.1 Å². The van der Waals surface area contributed by atoms with Gasteiger partial charge in [0.2, 0.25) is 0 Å². The quantitative estimate of drug-likeness (QED) is 0.372. The van der Waals surface area contributed by atoms with Crippen LogP contribution in [0.25, 0.3) is 0 Å². The maximum atomic E-state index is 3.69. The number of hydrogen-bond donors (Lipinski definition) is 0. The Morgan fingerprint density at radius 3 is 1.38 bits per heavy atom. The average Bonchev–Trinajstić information content (AvgIpc) is 1.73. The Labute approximate surface area is 70.2 Å². The zero-order chi connectivity index (χ0) is 6.28. The maximum absolute atomic E-state index is 3.69. The van der Waals surface area contributed by atoms with Crippen molar-refractivity contribution < 1.29 is 0 Å². The molecule has 0 heterocycles. The van der Waals surface area contributed by atoms with E-state index in [0.29, 0.717) is 0 Å². The molecule has 0 aliphatic rings. The summed E-state index contributed by atoms with van der Waals surface area (Å²) >= 11 is 0. The molecule has 0 aliphatic heterocycles. The van der Waals surface area contributed by atoms with Gasteiger partial charge in [0.1, 0.15) is 0 Å². The van der Waals surface area contributed by atoms with E-state index in [4.69, 9.17) is 0 Å². The molecule has 0 aromatic rings. The molecule has 0 aromatic carbocycles. The van der Waals surface area contributed by atoms with Gasteiger partial charge in [0.05, 0.1) is 0 Å². The molecular formula is C7H16Mg. The second kappa shape index (κ2) is 15.7. The minimum Gasteiger partial charge on any atom is -0.346 e. The Balaban J connectivity index is -0.0000000750. The molecule has 0 saturated heterocycles. The standard InChI is InChI=1S/C5H11.C2H5.Mg/c1-4-5(2)3;1-2;/h5H,1,4H2,2-3H3;1H2,2H3;/q2*-1;+2. The summed E-state index contributed by atoms with van der Waals surface area (Å²) in [5, 5.41) is 0. The molecule has 46 valence electrons. The molecule has 0 atom stereocenters. The molecule has 0 saturated carbocycles. The summed E-state index contributed by atoms with van der Waals surface area (Å²) in [6, 6.07) is 0. The summed E-state index contributed by atoms with van der Waals surface area (Å²) in [4.78, 5) is 0. The van der Waals surface area contributed by atoms with Crippen molar-refractivity contribution in [1.29, 1.82) is 0 Å². The van der Waals surface area contributed by atoms with E-state index in [2.05, 4.69) is 27.7 Å². The van der Waals surface area contributed by atoms with Gasteiger partial charge in [-0.3, -0.25) is 0 Å². The van der Waals surface area contributed by atoms with Gasteiger partial charge in [-0.15, -0.1) is 0 Å². The van der Waals surface area contributed by atoms with E-state index in [9.17, 15) is 0 Å². The first-order valence-corrected chi connectivity index (χ1v) is 2.77. The van der Waals surface area contributed by atoms with Gasteiger partial charge in [-0.2, -0.15) is 13.3 Å². The van der Waals surface area contributed by atoms with Crippen molar-refractivity contribution in [3.8, 4) is 0 Å². The summed E-state index contributed by atoms with van der Waals surface area (Å²) in [6.45, 7) is 13.0. The number of rotatable bonds is 1. The third-order valence-corrected chi connectivity index (χ3v) is 0.577. The maximum Gasteiger partial charge on any atom is 2.00 e. The van der Waals surface area contributed by atoms with Crippen molar-refractivity contribution in [3.05, 3.63) is 13.8 Å². The Morgan fingerprint density at radius 2 is 1.38 bits per heavy atom. The summed E-state index contributed by atoms with van der Waals surface area (Å²) in [6.07, 6.45) is 1.06. The molecular weight excluding hydrogens is 108 g/mol. The largest absolute Gasteiger partial charge is 2.00 e. The third kappa shape index (κ3) is 29.4. The molecule has 0 spiro atoms. The van der Waals surface area contributed by atoms with Crippen LogP contribution in [-0.4, -0.2) is 23.1 Å². The van der Waals surface area contributed by atoms with Crippen molar-refractivity contribution in [2.45, 2.75) is 27.2 Å². The predicted octanol–water partition coefficient (Wildman–Crippen LogP) is 2.33. The molecule has 0 unspecified atom stereocenters. The van der Waals surface area contributed by atoms with Crippen molar-refractivity contribution >= 4 is 23.1 Å². The second-order valence-corrected chi connectivity index (χ2v) is 1.68. The van der Waals surface area contributed by atoms with Crippen molar-refractivity contribution in [3.63, 3.8) is 0 Å². The van der Waals surface area contributed by atoms with Crippen LogP contribution >= 0.6 is 0 Å². The summed E-state index contributed by atoms with van der Waals surface area (Å²) in [5.41, 5.74) is 0. The van der Waals surface area contributed by atoms with Crippen molar-refractivity contribution in [1.82, 2.24) is 0 Å². The van der Waals surface area contributed by atoms with Crippen molar-refractivity contribution in [2.24, 2.45) is 5.92 Å². The molecule has 0 amide bonds. The van der Waals surface area contributed by atoms with E-state index in [-0.39, 0.29) is 23.1 Å². The van der Waals surface area contributed by atoms with E-state index < -0.39 is 0 Å². The van der Waals surface area contributed by atoms with Gasteiger partial charge in [0.15, 0.2) is 0 Å². The van der Waals surface area contributed by atoms with Gasteiger partial charge in [-0.05, 0) is 0 Å². The molecule has 0 bridgehead atoms.